The van der Waals surface area contributed by atoms with E-state index in [1.165, 1.54) is 4.31 Å². The van der Waals surface area contributed by atoms with Crippen molar-refractivity contribution in [1.82, 2.24) is 9.71 Å². The van der Waals surface area contributed by atoms with Crippen molar-refractivity contribution in [1.29, 1.82) is 0 Å². The van der Waals surface area contributed by atoms with Crippen LogP contribution in [0, 0.1) is 6.92 Å². The zero-order valence-electron chi connectivity index (χ0n) is 17.9. The van der Waals surface area contributed by atoms with E-state index in [1.807, 2.05) is 61.5 Å². The van der Waals surface area contributed by atoms with E-state index in [0.29, 0.717) is 30.0 Å². The largest absolute Gasteiger partial charge is 0.322 e. The van der Waals surface area contributed by atoms with Crippen molar-refractivity contribution >= 4 is 38.4 Å². The van der Waals surface area contributed by atoms with Crippen molar-refractivity contribution in [3.8, 4) is 11.3 Å². The smallest absolute Gasteiger partial charge is 0.301 e. The fourth-order valence-corrected chi connectivity index (χ4v) is 5.15. The lowest BCUT2D eigenvalue weighted by Gasteiger charge is -2.16. The maximum absolute atomic E-state index is 12.8. The highest BCUT2D eigenvalue weighted by Crippen LogP contribution is 2.27. The number of aryl methyl sites for hydroxylation is 1. The molecule has 1 aliphatic heterocycles. The van der Waals surface area contributed by atoms with E-state index in [2.05, 4.69) is 10.0 Å². The van der Waals surface area contributed by atoms with Crippen LogP contribution in [0.1, 0.15) is 15.9 Å². The number of rotatable bonds is 4. The van der Waals surface area contributed by atoms with Crippen LogP contribution in [-0.4, -0.2) is 32.4 Å². The maximum Gasteiger partial charge on any atom is 0.301 e. The average molecular weight is 459 g/mol. The minimum absolute atomic E-state index is 0.273. The molecule has 1 saturated heterocycles. The molecule has 2 heterocycles. The zero-order valence-corrected chi connectivity index (χ0v) is 18.8. The number of para-hydroxylation sites is 1. The summed E-state index contributed by atoms with van der Waals surface area (Å²) in [4.78, 5) is 17.6. The normalized spacial score (nSPS) is 15.0. The van der Waals surface area contributed by atoms with Gasteiger partial charge >= 0.3 is 10.2 Å². The zero-order chi connectivity index (χ0) is 23.0. The van der Waals surface area contributed by atoms with Gasteiger partial charge in [-0.2, -0.15) is 13.1 Å². The number of nitrogens with zero attached hydrogens (tertiary/aromatic N) is 2. The Kier molecular flexibility index (Phi) is 5.32. The van der Waals surface area contributed by atoms with Gasteiger partial charge in [-0.25, -0.2) is 4.98 Å². The Morgan fingerprint density at radius 3 is 2.55 bits per heavy atom. The molecule has 1 fully saturated rings. The first-order chi connectivity index (χ1) is 15.9. The molecule has 1 aliphatic rings. The van der Waals surface area contributed by atoms with Gasteiger partial charge in [0.2, 0.25) is 0 Å². The van der Waals surface area contributed by atoms with Gasteiger partial charge in [0.1, 0.15) is 0 Å². The summed E-state index contributed by atoms with van der Waals surface area (Å²) in [5.74, 6) is -0.273. The van der Waals surface area contributed by atoms with Crippen molar-refractivity contribution in [2.24, 2.45) is 0 Å². The monoisotopic (exact) mass is 458 g/mol. The van der Waals surface area contributed by atoms with E-state index in [9.17, 15) is 13.2 Å². The quantitative estimate of drug-likeness (QED) is 0.481. The molecule has 0 unspecified atom stereocenters. The molecule has 0 atom stereocenters. The van der Waals surface area contributed by atoms with E-state index >= 15 is 0 Å². The number of nitrogens with one attached hydrogen (secondary N) is 2. The molecular formula is C25H22N4O3S. The molecule has 0 spiro atoms. The van der Waals surface area contributed by atoms with Gasteiger partial charge in [-0.3, -0.25) is 9.10 Å². The summed E-state index contributed by atoms with van der Waals surface area (Å²) in [5, 5.41) is 4.00. The van der Waals surface area contributed by atoms with E-state index < -0.39 is 10.2 Å². The second kappa shape index (κ2) is 8.31. The Balaban J connectivity index is 1.37. The second-order valence-corrected chi connectivity index (χ2v) is 9.57. The minimum Gasteiger partial charge on any atom is -0.322 e. The number of fused-ring (bicyclic) bond motifs is 1. The first kappa shape index (κ1) is 21.1. The Hall–Kier alpha value is -3.75. The van der Waals surface area contributed by atoms with Crippen LogP contribution in [0.25, 0.3) is 22.2 Å². The van der Waals surface area contributed by atoms with Gasteiger partial charge in [0.15, 0.2) is 0 Å². The predicted molar refractivity (Wildman–Crippen MR) is 131 cm³/mol. The molecule has 0 saturated carbocycles. The molecule has 4 aromatic rings. The number of hydrogen-bond donors (Lipinski definition) is 2. The van der Waals surface area contributed by atoms with E-state index in [4.69, 9.17) is 4.98 Å². The van der Waals surface area contributed by atoms with Gasteiger partial charge in [0.05, 0.1) is 16.9 Å². The second-order valence-electron chi connectivity index (χ2n) is 7.89. The van der Waals surface area contributed by atoms with E-state index in [1.54, 1.807) is 24.3 Å². The summed E-state index contributed by atoms with van der Waals surface area (Å²) in [6, 6.07) is 24.2. The van der Waals surface area contributed by atoms with Crippen LogP contribution < -0.4 is 14.3 Å². The summed E-state index contributed by atoms with van der Waals surface area (Å²) in [5.41, 5.74) is 5.38. The first-order valence-corrected chi connectivity index (χ1v) is 12.0. The fraction of sp³-hybridized carbons (Fsp3) is 0.120. The fourth-order valence-electron chi connectivity index (χ4n) is 3.92. The van der Waals surface area contributed by atoms with Gasteiger partial charge in [-0.15, -0.1) is 0 Å². The number of hydrogen-bond acceptors (Lipinski definition) is 4. The Bertz CT molecular complexity index is 1470. The molecule has 33 heavy (non-hydrogen) atoms. The third-order valence-electron chi connectivity index (χ3n) is 5.68. The van der Waals surface area contributed by atoms with Crippen LogP contribution in [0.3, 0.4) is 0 Å². The van der Waals surface area contributed by atoms with Gasteiger partial charge in [0, 0.05) is 35.3 Å². The average Bonchev–Trinajstić information content (AvgIpc) is 3.19. The highest BCUT2D eigenvalue weighted by Gasteiger charge is 2.27. The van der Waals surface area contributed by atoms with Crippen LogP contribution in [0.5, 0.6) is 0 Å². The number of amides is 1. The highest BCUT2D eigenvalue weighted by molar-refractivity contribution is 7.91. The maximum atomic E-state index is 12.8. The third kappa shape index (κ3) is 4.18. The Labute approximate surface area is 192 Å². The van der Waals surface area contributed by atoms with Crippen molar-refractivity contribution in [3.05, 3.63) is 90.0 Å². The van der Waals surface area contributed by atoms with Gasteiger partial charge in [0.25, 0.3) is 5.91 Å². The summed E-state index contributed by atoms with van der Waals surface area (Å²) in [6.45, 7) is 2.74. The lowest BCUT2D eigenvalue weighted by molar-refractivity contribution is 0.102. The molecule has 0 radical (unpaired) electrons. The van der Waals surface area contributed by atoms with Gasteiger partial charge in [-0.05, 0) is 61.0 Å². The molecule has 1 aromatic heterocycles. The topological polar surface area (TPSA) is 91.4 Å². The summed E-state index contributed by atoms with van der Waals surface area (Å²) >= 11 is 0. The summed E-state index contributed by atoms with van der Waals surface area (Å²) in [7, 11) is -3.49. The number of benzene rings is 3. The predicted octanol–water partition coefficient (Wildman–Crippen LogP) is 4.12. The number of anilines is 2. The highest BCUT2D eigenvalue weighted by atomic mass is 32.2. The van der Waals surface area contributed by atoms with Crippen LogP contribution in [0.4, 0.5) is 11.4 Å². The summed E-state index contributed by atoms with van der Waals surface area (Å²) < 4.78 is 27.8. The minimum atomic E-state index is -3.49. The SMILES string of the molecule is Cc1ccc(NC(=O)c2ccc(N3CCNS3(=O)=O)cc2)cc1-c1ccc2ccccc2n1. The van der Waals surface area contributed by atoms with Crippen molar-refractivity contribution < 1.29 is 13.2 Å². The molecule has 0 bridgehead atoms. The molecule has 0 aliphatic carbocycles. The van der Waals surface area contributed by atoms with Crippen LogP contribution in [0.15, 0.2) is 78.9 Å². The number of pyridine rings is 1. The molecule has 2 N–H and O–H groups in total. The van der Waals surface area contributed by atoms with Crippen molar-refractivity contribution in [2.75, 3.05) is 22.7 Å². The molecule has 1 amide bonds. The lowest BCUT2D eigenvalue weighted by Crippen LogP contribution is -2.29. The molecule has 8 heteroatoms. The molecule has 7 nitrogen and oxygen atoms in total. The van der Waals surface area contributed by atoms with Crippen LogP contribution in [0.2, 0.25) is 0 Å². The van der Waals surface area contributed by atoms with E-state index in [-0.39, 0.29) is 5.91 Å². The first-order valence-electron chi connectivity index (χ1n) is 10.6. The van der Waals surface area contributed by atoms with Crippen molar-refractivity contribution in [3.63, 3.8) is 0 Å². The molecule has 166 valence electrons. The van der Waals surface area contributed by atoms with Gasteiger partial charge in [-0.1, -0.05) is 30.3 Å². The van der Waals surface area contributed by atoms with Crippen molar-refractivity contribution in [2.45, 2.75) is 6.92 Å². The standard InChI is InChI=1S/C25H22N4O3S/c1-17-6-10-20(16-22(17)24-13-9-18-4-2-3-5-23(18)28-24)27-25(30)19-7-11-21(12-8-19)29-15-14-26-33(29,31)32/h2-13,16,26H,14-15H2,1H3,(H,27,30). The summed E-state index contributed by atoms with van der Waals surface area (Å²) in [6.07, 6.45) is 0. The third-order valence-corrected chi connectivity index (χ3v) is 7.22. The van der Waals surface area contributed by atoms with Gasteiger partial charge < -0.3 is 5.32 Å². The Morgan fingerprint density at radius 2 is 1.79 bits per heavy atom. The number of aromatic nitrogens is 1. The molecular weight excluding hydrogens is 436 g/mol. The van der Waals surface area contributed by atoms with Crippen LogP contribution >= 0.6 is 0 Å². The van der Waals surface area contributed by atoms with E-state index in [0.717, 1.165) is 27.7 Å². The lowest BCUT2D eigenvalue weighted by atomic mass is 10.0. The molecule has 5 rings (SSSR count). The van der Waals surface area contributed by atoms with Crippen LogP contribution in [-0.2, 0) is 10.2 Å². The Morgan fingerprint density at radius 1 is 1.00 bits per heavy atom. The number of carbonyl (C=O) groups excluding carboxylic acids is 1. The molecule has 3 aromatic carbocycles. The number of carbonyl (C=O) groups is 1.